The van der Waals surface area contributed by atoms with Crippen molar-refractivity contribution >= 4 is 55.8 Å². The monoisotopic (exact) mass is 690 g/mol. The maximum atomic E-state index is 15.3. The minimum atomic E-state index is -5.08. The van der Waals surface area contributed by atoms with Gasteiger partial charge in [-0.15, -0.1) is 11.8 Å². The Bertz CT molecular complexity index is 1940. The predicted octanol–water partition coefficient (Wildman–Crippen LogP) is 4.13. The zero-order valence-electron chi connectivity index (χ0n) is 23.4. The second-order valence-electron chi connectivity index (χ2n) is 10.9. The van der Waals surface area contributed by atoms with Crippen LogP contribution in [0.25, 0.3) is 22.0 Å². The first-order valence-electron chi connectivity index (χ1n) is 13.5. The lowest BCUT2D eigenvalue weighted by atomic mass is 9.95. The maximum Gasteiger partial charge on any atom is 0.417 e. The minimum Gasteiger partial charge on any atom is -0.379 e. The van der Waals surface area contributed by atoms with Crippen molar-refractivity contribution in [3.05, 3.63) is 63.6 Å². The third-order valence-corrected chi connectivity index (χ3v) is 11.5. The zero-order valence-corrected chi connectivity index (χ0v) is 25.8. The zero-order chi connectivity index (χ0) is 32.6. The van der Waals surface area contributed by atoms with E-state index in [-0.39, 0.29) is 52.8 Å². The second-order valence-corrected chi connectivity index (χ2v) is 14.5. The molecule has 1 aromatic heterocycles. The van der Waals surface area contributed by atoms with Crippen LogP contribution in [0.15, 0.2) is 40.5 Å². The van der Waals surface area contributed by atoms with Gasteiger partial charge >= 0.3 is 11.9 Å². The van der Waals surface area contributed by atoms with Crippen LogP contribution >= 0.6 is 23.4 Å². The number of fused-ring (bicyclic) bond motifs is 1. The molecule has 17 heteroatoms. The standard InChI is InChI=1S/C28H24ClF5N4O5S2/c1-3-22(39)36-4-5-37(21-12-45(41,42)11-20(21)36)26-15-6-16(28(32,33)34)23(14-7-17(29)19(31)8-18(14)30)25-24(15)38(27(40)35-26)9-13(43-2)10-44-25/h3,6-8,13,20-21H,1,4-5,9-12H2,2H3/t13-,20-,21+/m0/s1. The number of aromatic nitrogens is 2. The minimum absolute atomic E-state index is 0.000556. The number of hydrogen-bond acceptors (Lipinski definition) is 8. The van der Waals surface area contributed by atoms with E-state index < -0.39 is 84.9 Å². The summed E-state index contributed by atoms with van der Waals surface area (Å²) < 4.78 is 106. The van der Waals surface area contributed by atoms with E-state index in [9.17, 15) is 35.6 Å². The Balaban J connectivity index is 1.69. The molecule has 0 unspecified atom stereocenters. The van der Waals surface area contributed by atoms with Crippen molar-refractivity contribution in [1.29, 1.82) is 0 Å². The molecular formula is C28H24ClF5N4O5S2. The van der Waals surface area contributed by atoms with E-state index in [1.807, 2.05) is 0 Å². The fourth-order valence-electron chi connectivity index (χ4n) is 6.31. The molecule has 0 bridgehead atoms. The van der Waals surface area contributed by atoms with E-state index in [2.05, 4.69) is 11.6 Å². The number of amides is 1. The Morgan fingerprint density at radius 3 is 2.53 bits per heavy atom. The molecule has 0 radical (unpaired) electrons. The third kappa shape index (κ3) is 5.38. The van der Waals surface area contributed by atoms with Gasteiger partial charge < -0.3 is 14.5 Å². The summed E-state index contributed by atoms with van der Waals surface area (Å²) in [6.07, 6.45) is -4.68. The van der Waals surface area contributed by atoms with E-state index in [1.54, 1.807) is 0 Å². The number of alkyl halides is 3. The van der Waals surface area contributed by atoms with Crippen molar-refractivity contribution < 1.29 is 39.9 Å². The smallest absolute Gasteiger partial charge is 0.379 e. The van der Waals surface area contributed by atoms with Gasteiger partial charge in [-0.25, -0.2) is 22.0 Å². The lowest BCUT2D eigenvalue weighted by molar-refractivity contribution is -0.137. The van der Waals surface area contributed by atoms with Gasteiger partial charge in [-0.1, -0.05) is 18.2 Å². The molecule has 3 aliphatic rings. The number of benzene rings is 2. The molecule has 1 amide bonds. The molecule has 45 heavy (non-hydrogen) atoms. The highest BCUT2D eigenvalue weighted by atomic mass is 35.5. The molecule has 3 aliphatic heterocycles. The van der Waals surface area contributed by atoms with Crippen molar-refractivity contribution in [2.45, 2.75) is 35.8 Å². The summed E-state index contributed by atoms with van der Waals surface area (Å²) in [5, 5.41) is -0.737. The molecule has 6 rings (SSSR count). The van der Waals surface area contributed by atoms with E-state index >= 15 is 4.39 Å². The number of carbonyl (C=O) groups excluding carboxylic acids is 1. The van der Waals surface area contributed by atoms with Crippen LogP contribution in [0, 0.1) is 11.6 Å². The van der Waals surface area contributed by atoms with Crippen molar-refractivity contribution in [3.8, 4) is 11.1 Å². The summed E-state index contributed by atoms with van der Waals surface area (Å²) in [4.78, 5) is 33.1. The van der Waals surface area contributed by atoms with Crippen LogP contribution < -0.4 is 10.6 Å². The van der Waals surface area contributed by atoms with Crippen molar-refractivity contribution in [2.75, 3.05) is 42.4 Å². The summed E-state index contributed by atoms with van der Waals surface area (Å²) in [7, 11) is -2.31. The Hall–Kier alpha value is -3.21. The van der Waals surface area contributed by atoms with Gasteiger partial charge in [-0.2, -0.15) is 18.2 Å². The average Bonchev–Trinajstić information content (AvgIpc) is 3.17. The quantitative estimate of drug-likeness (QED) is 0.229. The van der Waals surface area contributed by atoms with E-state index in [0.29, 0.717) is 6.07 Å². The van der Waals surface area contributed by atoms with E-state index in [1.165, 1.54) is 16.9 Å². The number of methoxy groups -OCH3 is 1. The summed E-state index contributed by atoms with van der Waals surface area (Å²) in [5.41, 5.74) is -3.40. The molecule has 4 heterocycles. The van der Waals surface area contributed by atoms with E-state index in [0.717, 1.165) is 34.5 Å². The summed E-state index contributed by atoms with van der Waals surface area (Å²) in [6, 6.07) is 0.120. The van der Waals surface area contributed by atoms with Crippen molar-refractivity contribution in [2.24, 2.45) is 0 Å². The van der Waals surface area contributed by atoms with Gasteiger partial charge in [-0.3, -0.25) is 9.36 Å². The average molecular weight is 691 g/mol. The molecular weight excluding hydrogens is 667 g/mol. The first kappa shape index (κ1) is 31.8. The molecule has 9 nitrogen and oxygen atoms in total. The molecule has 2 aromatic carbocycles. The molecule has 0 spiro atoms. The molecule has 2 saturated heterocycles. The molecule has 3 atom stereocenters. The van der Waals surface area contributed by atoms with Crippen LogP contribution in [0.4, 0.5) is 27.8 Å². The predicted molar refractivity (Wildman–Crippen MR) is 158 cm³/mol. The maximum absolute atomic E-state index is 15.3. The summed E-state index contributed by atoms with van der Waals surface area (Å²) in [6.45, 7) is 3.32. The first-order valence-corrected chi connectivity index (χ1v) is 16.7. The highest BCUT2D eigenvalue weighted by Crippen LogP contribution is 2.49. The fourth-order valence-corrected chi connectivity index (χ4v) is 9.77. The van der Waals surface area contributed by atoms with Crippen LogP contribution in [0.5, 0.6) is 0 Å². The number of sulfone groups is 1. The topological polar surface area (TPSA) is 102 Å². The highest BCUT2D eigenvalue weighted by Gasteiger charge is 2.49. The summed E-state index contributed by atoms with van der Waals surface area (Å²) in [5.74, 6) is -3.91. The lowest BCUT2D eigenvalue weighted by Crippen LogP contribution is -2.61. The van der Waals surface area contributed by atoms with Gasteiger partial charge in [-0.05, 0) is 18.2 Å². The summed E-state index contributed by atoms with van der Waals surface area (Å²) >= 11 is 6.81. The van der Waals surface area contributed by atoms with Crippen LogP contribution in [-0.4, -0.2) is 84.4 Å². The Morgan fingerprint density at radius 2 is 1.87 bits per heavy atom. The molecule has 0 saturated carbocycles. The molecule has 3 aromatic rings. The second kappa shape index (κ2) is 11.2. The molecule has 0 N–H and O–H groups in total. The number of nitrogens with zero attached hydrogens (tertiary/aromatic N) is 4. The van der Waals surface area contributed by atoms with Gasteiger partial charge in [0.25, 0.3) is 0 Å². The van der Waals surface area contributed by atoms with Gasteiger partial charge in [0.1, 0.15) is 17.5 Å². The van der Waals surface area contributed by atoms with Crippen LogP contribution in [0.3, 0.4) is 0 Å². The van der Waals surface area contributed by atoms with Gasteiger partial charge in [0, 0.05) is 53.4 Å². The number of carbonyl (C=O) groups is 1. The van der Waals surface area contributed by atoms with E-state index in [4.69, 9.17) is 16.3 Å². The highest BCUT2D eigenvalue weighted by molar-refractivity contribution is 7.99. The number of ether oxygens (including phenoxy) is 1. The number of thioether (sulfide) groups is 1. The van der Waals surface area contributed by atoms with Crippen LogP contribution in [0.2, 0.25) is 5.02 Å². The fraction of sp³-hybridized carbons (Fsp3) is 0.393. The van der Waals surface area contributed by atoms with Crippen LogP contribution in [-0.2, 0) is 32.1 Å². The molecule has 240 valence electrons. The van der Waals surface area contributed by atoms with Gasteiger partial charge in [0.15, 0.2) is 9.84 Å². The number of hydrogen-bond donors (Lipinski definition) is 0. The van der Waals surface area contributed by atoms with Gasteiger partial charge in [0.2, 0.25) is 5.91 Å². The third-order valence-electron chi connectivity index (χ3n) is 8.32. The Morgan fingerprint density at radius 1 is 1.16 bits per heavy atom. The largest absolute Gasteiger partial charge is 0.417 e. The Kier molecular flexibility index (Phi) is 7.93. The van der Waals surface area contributed by atoms with Crippen molar-refractivity contribution in [3.63, 3.8) is 0 Å². The number of anilines is 1. The van der Waals surface area contributed by atoms with Crippen LogP contribution in [0.1, 0.15) is 5.56 Å². The Labute approximate surface area is 262 Å². The van der Waals surface area contributed by atoms with Gasteiger partial charge in [0.05, 0.1) is 52.3 Å². The normalized spacial score (nSPS) is 22.8. The molecule has 2 fully saturated rings. The number of rotatable bonds is 4. The molecule has 0 aliphatic carbocycles. The SMILES string of the molecule is C=CC(=O)N1CCN(c2nc(=O)n3c4c(c(-c5cc(Cl)c(F)cc5F)c(C(F)(F)F)cc24)SC[C@@H](OC)C3)[C@@H]2CS(=O)(=O)C[C@@H]21. The number of halogens is 6. The number of piperazine rings is 1. The first-order chi connectivity index (χ1) is 21.1. The lowest BCUT2D eigenvalue weighted by Gasteiger charge is -2.44. The van der Waals surface area contributed by atoms with Crippen molar-refractivity contribution in [1.82, 2.24) is 14.5 Å².